The highest BCUT2D eigenvalue weighted by molar-refractivity contribution is 5.73. The molecule has 0 heterocycles. The first-order valence-electron chi connectivity index (χ1n) is 5.46. The quantitative estimate of drug-likeness (QED) is 0.695. The Labute approximate surface area is 99.6 Å². The van der Waals surface area contributed by atoms with E-state index in [0.717, 1.165) is 0 Å². The molecule has 0 saturated carbocycles. The van der Waals surface area contributed by atoms with E-state index in [1.807, 2.05) is 13.0 Å². The van der Waals surface area contributed by atoms with Gasteiger partial charge in [0.05, 0.1) is 0 Å². The molecule has 0 aliphatic rings. The molecule has 0 aliphatic carbocycles. The number of rotatable bonds is 2. The number of aromatic hydroxyl groups is 3. The molecule has 0 atom stereocenters. The Bertz CT molecular complexity index is 547. The zero-order chi connectivity index (χ0) is 12.4. The highest BCUT2D eigenvalue weighted by atomic mass is 16.3. The average Bonchev–Trinajstić information content (AvgIpc) is 2.33. The minimum atomic E-state index is -0.164. The van der Waals surface area contributed by atoms with Crippen molar-refractivity contribution in [3.63, 3.8) is 0 Å². The Hall–Kier alpha value is -2.16. The van der Waals surface area contributed by atoms with Gasteiger partial charge >= 0.3 is 0 Å². The Balaban J connectivity index is 2.61. The zero-order valence-corrected chi connectivity index (χ0v) is 9.51. The monoisotopic (exact) mass is 230 g/mol. The standard InChI is InChI=1S/C14H14O3/c1-2-9-7-10(8-13(16)14(9)17)11-5-3-4-6-12(11)15/h3-8,15-17H,2H2,1H3. The minimum absolute atomic E-state index is 0.0910. The molecule has 0 unspecified atom stereocenters. The van der Waals surface area contributed by atoms with E-state index in [0.29, 0.717) is 23.1 Å². The maximum Gasteiger partial charge on any atom is 0.160 e. The molecule has 3 heteroatoms. The number of para-hydroxylation sites is 1. The second-order valence-electron chi connectivity index (χ2n) is 3.87. The SMILES string of the molecule is CCc1cc(-c2ccccc2O)cc(O)c1O. The van der Waals surface area contributed by atoms with Gasteiger partial charge in [-0.2, -0.15) is 0 Å². The van der Waals surface area contributed by atoms with Gasteiger partial charge in [0.1, 0.15) is 5.75 Å². The molecule has 0 spiro atoms. The van der Waals surface area contributed by atoms with Crippen LogP contribution < -0.4 is 0 Å². The van der Waals surface area contributed by atoms with E-state index in [4.69, 9.17) is 0 Å². The van der Waals surface area contributed by atoms with Gasteiger partial charge < -0.3 is 15.3 Å². The molecule has 88 valence electrons. The first-order valence-corrected chi connectivity index (χ1v) is 5.46. The second kappa shape index (κ2) is 4.37. The van der Waals surface area contributed by atoms with Crippen LogP contribution in [0, 0.1) is 0 Å². The Morgan fingerprint density at radius 3 is 2.29 bits per heavy atom. The second-order valence-corrected chi connectivity index (χ2v) is 3.87. The number of benzene rings is 2. The van der Waals surface area contributed by atoms with E-state index in [9.17, 15) is 15.3 Å². The molecule has 2 aromatic rings. The molecule has 2 rings (SSSR count). The molecule has 0 bridgehead atoms. The summed E-state index contributed by atoms with van der Waals surface area (Å²) in [6.45, 7) is 1.89. The van der Waals surface area contributed by atoms with Gasteiger partial charge in [0, 0.05) is 5.56 Å². The van der Waals surface area contributed by atoms with Crippen LogP contribution in [0.15, 0.2) is 36.4 Å². The normalized spacial score (nSPS) is 10.4. The average molecular weight is 230 g/mol. The number of aryl methyl sites for hydroxylation is 1. The predicted octanol–water partition coefficient (Wildman–Crippen LogP) is 3.03. The molecule has 3 nitrogen and oxygen atoms in total. The highest BCUT2D eigenvalue weighted by Gasteiger charge is 2.10. The van der Waals surface area contributed by atoms with Gasteiger partial charge in [-0.15, -0.1) is 0 Å². The van der Waals surface area contributed by atoms with Gasteiger partial charge in [0.15, 0.2) is 11.5 Å². The summed E-state index contributed by atoms with van der Waals surface area (Å²) in [6.07, 6.45) is 0.612. The van der Waals surface area contributed by atoms with Gasteiger partial charge in [-0.3, -0.25) is 0 Å². The summed E-state index contributed by atoms with van der Waals surface area (Å²) in [7, 11) is 0. The van der Waals surface area contributed by atoms with E-state index in [1.165, 1.54) is 6.07 Å². The van der Waals surface area contributed by atoms with Gasteiger partial charge in [0.25, 0.3) is 0 Å². The van der Waals surface area contributed by atoms with Crippen LogP contribution in [-0.2, 0) is 6.42 Å². The molecule has 0 radical (unpaired) electrons. The lowest BCUT2D eigenvalue weighted by atomic mass is 10.00. The maximum absolute atomic E-state index is 9.74. The van der Waals surface area contributed by atoms with Crippen molar-refractivity contribution in [2.24, 2.45) is 0 Å². The summed E-state index contributed by atoms with van der Waals surface area (Å²) < 4.78 is 0. The van der Waals surface area contributed by atoms with Crippen LogP contribution in [0.25, 0.3) is 11.1 Å². The van der Waals surface area contributed by atoms with Crippen LogP contribution in [0.4, 0.5) is 0 Å². The van der Waals surface area contributed by atoms with E-state index in [1.54, 1.807) is 24.3 Å². The predicted molar refractivity (Wildman–Crippen MR) is 66.3 cm³/mol. The number of hydrogen-bond donors (Lipinski definition) is 3. The van der Waals surface area contributed by atoms with Crippen LogP contribution in [0.3, 0.4) is 0 Å². The topological polar surface area (TPSA) is 60.7 Å². The molecule has 0 aliphatic heterocycles. The molecule has 2 aromatic carbocycles. The number of hydrogen-bond acceptors (Lipinski definition) is 3. The van der Waals surface area contributed by atoms with Crippen molar-refractivity contribution in [2.75, 3.05) is 0 Å². The van der Waals surface area contributed by atoms with E-state index >= 15 is 0 Å². The largest absolute Gasteiger partial charge is 0.507 e. The lowest BCUT2D eigenvalue weighted by Crippen LogP contribution is -1.86. The first kappa shape index (κ1) is 11.3. The van der Waals surface area contributed by atoms with Gasteiger partial charge in [-0.05, 0) is 35.7 Å². The Kier molecular flexibility index (Phi) is 2.91. The fraction of sp³-hybridized carbons (Fsp3) is 0.143. The summed E-state index contributed by atoms with van der Waals surface area (Å²) >= 11 is 0. The van der Waals surface area contributed by atoms with E-state index in [-0.39, 0.29) is 17.2 Å². The molecule has 0 aromatic heterocycles. The van der Waals surface area contributed by atoms with Crippen LogP contribution in [-0.4, -0.2) is 15.3 Å². The smallest absolute Gasteiger partial charge is 0.160 e. The third kappa shape index (κ3) is 2.04. The third-order valence-electron chi connectivity index (χ3n) is 2.76. The van der Waals surface area contributed by atoms with Crippen molar-refractivity contribution in [3.8, 4) is 28.4 Å². The van der Waals surface area contributed by atoms with Crippen LogP contribution >= 0.6 is 0 Å². The first-order chi connectivity index (χ1) is 8.13. The maximum atomic E-state index is 9.74. The molecule has 0 saturated heterocycles. The van der Waals surface area contributed by atoms with Gasteiger partial charge in [0.2, 0.25) is 0 Å². The molecular formula is C14H14O3. The minimum Gasteiger partial charge on any atom is -0.507 e. The van der Waals surface area contributed by atoms with Crippen molar-refractivity contribution >= 4 is 0 Å². The zero-order valence-electron chi connectivity index (χ0n) is 9.51. The molecule has 17 heavy (non-hydrogen) atoms. The van der Waals surface area contributed by atoms with Crippen molar-refractivity contribution in [1.29, 1.82) is 0 Å². The molecular weight excluding hydrogens is 216 g/mol. The third-order valence-corrected chi connectivity index (χ3v) is 2.76. The summed E-state index contributed by atoms with van der Waals surface area (Å²) in [5.74, 6) is -0.103. The van der Waals surface area contributed by atoms with E-state index < -0.39 is 0 Å². The molecule has 0 amide bonds. The van der Waals surface area contributed by atoms with Gasteiger partial charge in [-0.25, -0.2) is 0 Å². The van der Waals surface area contributed by atoms with Crippen molar-refractivity contribution in [2.45, 2.75) is 13.3 Å². The van der Waals surface area contributed by atoms with Crippen LogP contribution in [0.2, 0.25) is 0 Å². The summed E-state index contributed by atoms with van der Waals surface area (Å²) in [5, 5.41) is 29.0. The van der Waals surface area contributed by atoms with Crippen molar-refractivity contribution in [3.05, 3.63) is 42.0 Å². The fourth-order valence-electron chi connectivity index (χ4n) is 1.82. The number of phenolic OH excluding ortho intramolecular Hbond substituents is 3. The Morgan fingerprint density at radius 2 is 1.65 bits per heavy atom. The summed E-state index contributed by atoms with van der Waals surface area (Å²) in [4.78, 5) is 0. The van der Waals surface area contributed by atoms with Gasteiger partial charge in [-0.1, -0.05) is 25.1 Å². The molecule has 3 N–H and O–H groups in total. The summed E-state index contributed by atoms with van der Waals surface area (Å²) in [6, 6.07) is 10.1. The van der Waals surface area contributed by atoms with E-state index in [2.05, 4.69) is 0 Å². The molecule has 0 fully saturated rings. The van der Waals surface area contributed by atoms with Crippen LogP contribution in [0.5, 0.6) is 17.2 Å². The Morgan fingerprint density at radius 1 is 0.941 bits per heavy atom. The summed E-state index contributed by atoms with van der Waals surface area (Å²) in [5.41, 5.74) is 1.98. The lowest BCUT2D eigenvalue weighted by molar-refractivity contribution is 0.400. The van der Waals surface area contributed by atoms with Crippen molar-refractivity contribution < 1.29 is 15.3 Å². The van der Waals surface area contributed by atoms with Crippen molar-refractivity contribution in [1.82, 2.24) is 0 Å². The fourth-order valence-corrected chi connectivity index (χ4v) is 1.82. The highest BCUT2D eigenvalue weighted by Crippen LogP contribution is 2.37. The lowest BCUT2D eigenvalue weighted by Gasteiger charge is -2.09. The van der Waals surface area contributed by atoms with Crippen LogP contribution in [0.1, 0.15) is 12.5 Å². The number of phenols is 3.